The topological polar surface area (TPSA) is 29.1 Å². The number of nitrogens with one attached hydrogen (secondary N) is 1. The Hall–Kier alpha value is -0.590. The van der Waals surface area contributed by atoms with Crippen LogP contribution < -0.4 is 5.32 Å². The Morgan fingerprint density at radius 2 is 1.91 bits per heavy atom. The third-order valence-corrected chi connectivity index (χ3v) is 2.15. The Kier molecular flexibility index (Phi) is 1.70. The first kappa shape index (κ1) is 8.51. The lowest BCUT2D eigenvalue weighted by molar-refractivity contribution is 0.379. The molecule has 0 amide bonds. The van der Waals surface area contributed by atoms with Crippen molar-refractivity contribution in [2.75, 3.05) is 0 Å². The van der Waals surface area contributed by atoms with Crippen molar-refractivity contribution in [2.24, 2.45) is 0 Å². The minimum absolute atomic E-state index is 0.0518. The molecule has 62 valence electrons. The van der Waals surface area contributed by atoms with Crippen LogP contribution >= 0.6 is 0 Å². The summed E-state index contributed by atoms with van der Waals surface area (Å²) < 4.78 is 0. The largest absolute Gasteiger partial charge is 0.302 e. The lowest BCUT2D eigenvalue weighted by atomic mass is 9.95. The van der Waals surface area contributed by atoms with E-state index >= 15 is 0 Å². The zero-order valence-electron chi connectivity index (χ0n) is 7.62. The Balaban J connectivity index is 2.98. The van der Waals surface area contributed by atoms with E-state index in [9.17, 15) is 4.79 Å². The Labute approximate surface area is 67.7 Å². The molecule has 1 N–H and O–H groups in total. The SMILES string of the molecule is CC1(C)CC(=C=O)C(C)(C)N1. The van der Waals surface area contributed by atoms with Gasteiger partial charge in [-0.1, -0.05) is 0 Å². The van der Waals surface area contributed by atoms with Gasteiger partial charge >= 0.3 is 0 Å². The van der Waals surface area contributed by atoms with E-state index in [2.05, 4.69) is 19.2 Å². The summed E-state index contributed by atoms with van der Waals surface area (Å²) in [6.45, 7) is 8.22. The molecular weight excluding hydrogens is 138 g/mol. The van der Waals surface area contributed by atoms with Gasteiger partial charge in [-0.15, -0.1) is 0 Å². The van der Waals surface area contributed by atoms with Crippen molar-refractivity contribution in [3.05, 3.63) is 5.57 Å². The van der Waals surface area contributed by atoms with Crippen molar-refractivity contribution < 1.29 is 4.79 Å². The average Bonchev–Trinajstić information content (AvgIpc) is 1.99. The predicted octanol–water partition coefficient (Wildman–Crippen LogP) is 1.29. The molecule has 0 bridgehead atoms. The van der Waals surface area contributed by atoms with E-state index < -0.39 is 0 Å². The molecule has 1 rings (SSSR count). The fourth-order valence-electron chi connectivity index (χ4n) is 1.79. The van der Waals surface area contributed by atoms with Gasteiger partial charge in [-0.25, -0.2) is 4.79 Å². The summed E-state index contributed by atoms with van der Waals surface area (Å²) in [4.78, 5) is 10.5. The van der Waals surface area contributed by atoms with Crippen LogP contribution in [0.4, 0.5) is 0 Å². The molecule has 1 fully saturated rings. The van der Waals surface area contributed by atoms with Crippen LogP contribution in [0.3, 0.4) is 0 Å². The second kappa shape index (κ2) is 2.20. The first-order valence-corrected chi connectivity index (χ1v) is 3.91. The highest BCUT2D eigenvalue weighted by Crippen LogP contribution is 2.32. The first-order valence-electron chi connectivity index (χ1n) is 3.91. The molecule has 1 saturated heterocycles. The van der Waals surface area contributed by atoms with Crippen molar-refractivity contribution in [2.45, 2.75) is 45.2 Å². The highest BCUT2D eigenvalue weighted by Gasteiger charge is 2.40. The maximum Gasteiger partial charge on any atom is 0.125 e. The average molecular weight is 153 g/mol. The highest BCUT2D eigenvalue weighted by molar-refractivity contribution is 5.58. The molecule has 1 heterocycles. The van der Waals surface area contributed by atoms with Crippen molar-refractivity contribution >= 4 is 5.94 Å². The van der Waals surface area contributed by atoms with Crippen molar-refractivity contribution in [3.63, 3.8) is 0 Å². The van der Waals surface area contributed by atoms with Crippen LogP contribution in [0.2, 0.25) is 0 Å². The molecule has 0 unspecified atom stereocenters. The molecule has 0 saturated carbocycles. The van der Waals surface area contributed by atoms with Crippen LogP contribution in [0.15, 0.2) is 5.57 Å². The van der Waals surface area contributed by atoms with E-state index in [4.69, 9.17) is 0 Å². The molecule has 0 atom stereocenters. The first-order chi connectivity index (χ1) is 4.87. The second-order valence-electron chi connectivity index (χ2n) is 4.39. The zero-order valence-corrected chi connectivity index (χ0v) is 7.62. The lowest BCUT2D eigenvalue weighted by Gasteiger charge is -2.23. The Bertz CT molecular complexity index is 222. The minimum Gasteiger partial charge on any atom is -0.302 e. The molecular formula is C9H15NO. The van der Waals surface area contributed by atoms with Crippen molar-refractivity contribution in [1.82, 2.24) is 5.32 Å². The van der Waals surface area contributed by atoms with Gasteiger partial charge in [0, 0.05) is 16.7 Å². The Morgan fingerprint density at radius 1 is 1.36 bits per heavy atom. The van der Waals surface area contributed by atoms with Gasteiger partial charge in [-0.3, -0.25) is 0 Å². The quantitative estimate of drug-likeness (QED) is 0.531. The summed E-state index contributed by atoms with van der Waals surface area (Å²) in [5, 5.41) is 3.37. The molecule has 0 spiro atoms. The lowest BCUT2D eigenvalue weighted by Crippen LogP contribution is -2.43. The second-order valence-corrected chi connectivity index (χ2v) is 4.39. The Morgan fingerprint density at radius 3 is 2.09 bits per heavy atom. The van der Waals surface area contributed by atoms with E-state index in [1.807, 2.05) is 19.8 Å². The monoisotopic (exact) mass is 153 g/mol. The summed E-state index contributed by atoms with van der Waals surface area (Å²) in [5.41, 5.74) is 0.740. The van der Waals surface area contributed by atoms with E-state index in [-0.39, 0.29) is 11.1 Å². The van der Waals surface area contributed by atoms with E-state index in [0.717, 1.165) is 12.0 Å². The number of hydrogen-bond donors (Lipinski definition) is 1. The van der Waals surface area contributed by atoms with Crippen LogP contribution in [0, 0.1) is 0 Å². The minimum atomic E-state index is -0.161. The van der Waals surface area contributed by atoms with Gasteiger partial charge in [0.05, 0.1) is 0 Å². The molecule has 0 aromatic carbocycles. The van der Waals surface area contributed by atoms with Crippen molar-refractivity contribution in [3.8, 4) is 0 Å². The molecule has 1 aliphatic rings. The van der Waals surface area contributed by atoms with Crippen LogP contribution in [-0.2, 0) is 4.79 Å². The summed E-state index contributed by atoms with van der Waals surface area (Å²) in [6, 6.07) is 0. The predicted molar refractivity (Wildman–Crippen MR) is 45.1 cm³/mol. The van der Waals surface area contributed by atoms with E-state index in [0.29, 0.717) is 0 Å². The van der Waals surface area contributed by atoms with E-state index in [1.165, 1.54) is 0 Å². The molecule has 2 heteroatoms. The van der Waals surface area contributed by atoms with Gasteiger partial charge in [0.15, 0.2) is 0 Å². The highest BCUT2D eigenvalue weighted by atomic mass is 16.1. The smallest absolute Gasteiger partial charge is 0.125 e. The maximum atomic E-state index is 10.5. The molecule has 0 radical (unpaired) electrons. The number of rotatable bonds is 0. The van der Waals surface area contributed by atoms with Crippen LogP contribution in [0.25, 0.3) is 0 Å². The fraction of sp³-hybridized carbons (Fsp3) is 0.778. The third kappa shape index (κ3) is 1.52. The molecule has 0 aliphatic carbocycles. The van der Waals surface area contributed by atoms with Crippen LogP contribution in [0.5, 0.6) is 0 Å². The molecule has 2 nitrogen and oxygen atoms in total. The summed E-state index contributed by atoms with van der Waals surface area (Å²) in [7, 11) is 0. The summed E-state index contributed by atoms with van der Waals surface area (Å²) in [6.07, 6.45) is 0.809. The summed E-state index contributed by atoms with van der Waals surface area (Å²) in [5.74, 6) is 2.01. The van der Waals surface area contributed by atoms with Crippen molar-refractivity contribution in [1.29, 1.82) is 0 Å². The molecule has 11 heavy (non-hydrogen) atoms. The van der Waals surface area contributed by atoms with Gasteiger partial charge in [0.1, 0.15) is 5.94 Å². The van der Waals surface area contributed by atoms with Crippen LogP contribution in [0.1, 0.15) is 34.1 Å². The number of hydrogen-bond acceptors (Lipinski definition) is 2. The summed E-state index contributed by atoms with van der Waals surface area (Å²) >= 11 is 0. The van der Waals surface area contributed by atoms with Gasteiger partial charge < -0.3 is 5.32 Å². The van der Waals surface area contributed by atoms with Gasteiger partial charge in [0.2, 0.25) is 0 Å². The normalized spacial score (nSPS) is 26.7. The van der Waals surface area contributed by atoms with Gasteiger partial charge in [0.25, 0.3) is 0 Å². The molecule has 0 aromatic rings. The van der Waals surface area contributed by atoms with Gasteiger partial charge in [-0.05, 0) is 34.1 Å². The van der Waals surface area contributed by atoms with Gasteiger partial charge in [-0.2, -0.15) is 0 Å². The van der Waals surface area contributed by atoms with Crippen LogP contribution in [-0.4, -0.2) is 17.0 Å². The third-order valence-electron chi connectivity index (χ3n) is 2.15. The standard InChI is InChI=1S/C9H15NO/c1-8(2)5-7(6-11)9(3,4)10-8/h10H,5H2,1-4H3. The molecule has 0 aromatic heterocycles. The fourth-order valence-corrected chi connectivity index (χ4v) is 1.79. The molecule has 1 aliphatic heterocycles. The number of carbonyl (C=O) groups excluding carboxylic acids is 1. The maximum absolute atomic E-state index is 10.5. The van der Waals surface area contributed by atoms with E-state index in [1.54, 1.807) is 0 Å². The zero-order chi connectivity index (χ0) is 8.70.